The molecular formula is C18H29N5O4. The van der Waals surface area contributed by atoms with Gasteiger partial charge in [0, 0.05) is 39.3 Å². The molecule has 1 aromatic heterocycles. The molecule has 9 nitrogen and oxygen atoms in total. The first-order valence-electron chi connectivity index (χ1n) is 9.02. The second-order valence-electron chi connectivity index (χ2n) is 8.27. The number of nitrogens with one attached hydrogen (secondary N) is 1. The number of ether oxygens (including phenoxy) is 1. The standard InChI is InChI=1S/C18H29N5O4/c1-12-7-13(20-17(24)27-18(2,3)4)11-22(10-12)14-8-16(21(5)6)19-9-15(14)23(25)26/h8-9,12-13H,7,10-11H2,1-6H3,(H,20,24)/t12-,13+/m1/s1. The van der Waals surface area contributed by atoms with E-state index in [1.54, 1.807) is 11.0 Å². The number of carbonyl (C=O) groups excluding carboxylic acids is 1. The molecule has 1 N–H and O–H groups in total. The van der Waals surface area contributed by atoms with Crippen LogP contribution >= 0.6 is 0 Å². The van der Waals surface area contributed by atoms with Gasteiger partial charge in [0.2, 0.25) is 0 Å². The summed E-state index contributed by atoms with van der Waals surface area (Å²) in [7, 11) is 3.67. The number of aromatic nitrogens is 1. The maximum Gasteiger partial charge on any atom is 0.407 e. The predicted octanol–water partition coefficient (Wildman–Crippen LogP) is 2.80. The molecule has 2 rings (SSSR count). The zero-order valence-corrected chi connectivity index (χ0v) is 16.9. The van der Waals surface area contributed by atoms with E-state index in [4.69, 9.17) is 4.74 Å². The quantitative estimate of drug-likeness (QED) is 0.634. The van der Waals surface area contributed by atoms with Crippen LogP contribution in [0.25, 0.3) is 0 Å². The van der Waals surface area contributed by atoms with Crippen molar-refractivity contribution in [1.29, 1.82) is 0 Å². The molecule has 1 aliphatic heterocycles. The van der Waals surface area contributed by atoms with Gasteiger partial charge >= 0.3 is 11.8 Å². The normalized spacial score (nSPS) is 20.1. The van der Waals surface area contributed by atoms with Crippen molar-refractivity contribution >= 4 is 23.3 Å². The lowest BCUT2D eigenvalue weighted by Gasteiger charge is -2.38. The molecule has 27 heavy (non-hydrogen) atoms. The molecule has 2 atom stereocenters. The second-order valence-corrected chi connectivity index (χ2v) is 8.27. The van der Waals surface area contributed by atoms with Crippen LogP contribution in [0.3, 0.4) is 0 Å². The van der Waals surface area contributed by atoms with Crippen LogP contribution in [0.5, 0.6) is 0 Å². The first-order chi connectivity index (χ1) is 12.5. The molecule has 0 aliphatic carbocycles. The highest BCUT2D eigenvalue weighted by Gasteiger charge is 2.31. The third-order valence-electron chi connectivity index (χ3n) is 4.22. The van der Waals surface area contributed by atoms with Gasteiger partial charge in [0.05, 0.1) is 4.92 Å². The van der Waals surface area contributed by atoms with Gasteiger partial charge in [-0.05, 0) is 33.1 Å². The van der Waals surface area contributed by atoms with Gasteiger partial charge in [-0.3, -0.25) is 10.1 Å². The first kappa shape index (κ1) is 20.7. The molecule has 0 bridgehead atoms. The number of nitro groups is 1. The number of rotatable bonds is 4. The van der Waals surface area contributed by atoms with E-state index < -0.39 is 16.6 Å². The van der Waals surface area contributed by atoms with E-state index in [0.29, 0.717) is 24.6 Å². The third kappa shape index (κ3) is 5.70. The van der Waals surface area contributed by atoms with Crippen LogP contribution in [0.1, 0.15) is 34.1 Å². The molecule has 0 aromatic carbocycles. The number of piperidine rings is 1. The summed E-state index contributed by atoms with van der Waals surface area (Å²) in [5.41, 5.74) is -0.0962. The predicted molar refractivity (Wildman–Crippen MR) is 104 cm³/mol. The Hall–Kier alpha value is -2.58. The zero-order valence-electron chi connectivity index (χ0n) is 16.9. The van der Waals surface area contributed by atoms with Gasteiger partial charge in [-0.25, -0.2) is 9.78 Å². The minimum atomic E-state index is -0.575. The lowest BCUT2D eigenvalue weighted by molar-refractivity contribution is -0.384. The number of carbonyl (C=O) groups is 1. The van der Waals surface area contributed by atoms with E-state index >= 15 is 0 Å². The van der Waals surface area contributed by atoms with Crippen LogP contribution < -0.4 is 15.1 Å². The Morgan fingerprint density at radius 3 is 2.63 bits per heavy atom. The van der Waals surface area contributed by atoms with E-state index in [0.717, 1.165) is 6.42 Å². The molecule has 1 aliphatic rings. The Bertz CT molecular complexity index is 701. The van der Waals surface area contributed by atoms with Gasteiger partial charge in [-0.1, -0.05) is 6.92 Å². The summed E-state index contributed by atoms with van der Waals surface area (Å²) >= 11 is 0. The SMILES string of the molecule is C[C@@H]1C[C@H](NC(=O)OC(C)(C)C)CN(c2cc(N(C)C)ncc2[N+](=O)[O-])C1. The molecule has 0 spiro atoms. The van der Waals surface area contributed by atoms with E-state index in [1.165, 1.54) is 6.20 Å². The average Bonchev–Trinajstić information content (AvgIpc) is 2.51. The topological polar surface area (TPSA) is 101 Å². The molecule has 1 fully saturated rings. The summed E-state index contributed by atoms with van der Waals surface area (Å²) in [5.74, 6) is 0.903. The molecule has 150 valence electrons. The van der Waals surface area contributed by atoms with Gasteiger partial charge in [0.1, 0.15) is 23.3 Å². The number of hydrogen-bond acceptors (Lipinski definition) is 7. The number of pyridine rings is 1. The van der Waals surface area contributed by atoms with Crippen molar-refractivity contribution in [3.63, 3.8) is 0 Å². The summed E-state index contributed by atoms with van der Waals surface area (Å²) in [4.78, 5) is 31.1. The fourth-order valence-corrected chi connectivity index (χ4v) is 3.19. The van der Waals surface area contributed by atoms with Crippen LogP contribution in [-0.4, -0.2) is 54.8 Å². The van der Waals surface area contributed by atoms with Crippen molar-refractivity contribution in [2.75, 3.05) is 37.0 Å². The van der Waals surface area contributed by atoms with Gasteiger partial charge in [0.15, 0.2) is 0 Å². The van der Waals surface area contributed by atoms with Crippen LogP contribution in [0.4, 0.5) is 22.0 Å². The van der Waals surface area contributed by atoms with Crippen molar-refractivity contribution in [3.05, 3.63) is 22.4 Å². The summed E-state index contributed by atoms with van der Waals surface area (Å²) in [6, 6.07) is 1.57. The Kier molecular flexibility index (Phi) is 6.12. The highest BCUT2D eigenvalue weighted by atomic mass is 16.6. The Morgan fingerprint density at radius 1 is 1.41 bits per heavy atom. The minimum Gasteiger partial charge on any atom is -0.444 e. The third-order valence-corrected chi connectivity index (χ3v) is 4.22. The average molecular weight is 379 g/mol. The highest BCUT2D eigenvalue weighted by Crippen LogP contribution is 2.33. The van der Waals surface area contributed by atoms with E-state index in [-0.39, 0.29) is 17.6 Å². The highest BCUT2D eigenvalue weighted by molar-refractivity contribution is 5.69. The first-order valence-corrected chi connectivity index (χ1v) is 9.02. The fourth-order valence-electron chi connectivity index (χ4n) is 3.19. The molecule has 1 amide bonds. The maximum absolute atomic E-state index is 12.1. The monoisotopic (exact) mass is 379 g/mol. The Labute approximate surface area is 159 Å². The van der Waals surface area contributed by atoms with E-state index in [1.807, 2.05) is 39.8 Å². The minimum absolute atomic E-state index is 0.0364. The maximum atomic E-state index is 12.1. The molecule has 9 heteroatoms. The largest absolute Gasteiger partial charge is 0.444 e. The number of alkyl carbamates (subject to hydrolysis) is 1. The second kappa shape index (κ2) is 7.98. The molecule has 0 unspecified atom stereocenters. The lowest BCUT2D eigenvalue weighted by Crippen LogP contribution is -2.51. The smallest absolute Gasteiger partial charge is 0.407 e. The summed E-state index contributed by atoms with van der Waals surface area (Å²) in [5, 5.41) is 14.4. The number of nitrogens with zero attached hydrogens (tertiary/aromatic N) is 4. The van der Waals surface area contributed by atoms with E-state index in [2.05, 4.69) is 17.2 Å². The molecule has 0 radical (unpaired) electrons. The van der Waals surface area contributed by atoms with Crippen molar-refractivity contribution in [3.8, 4) is 0 Å². The molecule has 2 heterocycles. The van der Waals surface area contributed by atoms with Crippen LogP contribution in [0.15, 0.2) is 12.3 Å². The number of amides is 1. The van der Waals surface area contributed by atoms with Gasteiger partial charge in [-0.15, -0.1) is 0 Å². The molecule has 1 aromatic rings. The van der Waals surface area contributed by atoms with Gasteiger partial charge < -0.3 is 19.9 Å². The Balaban J connectivity index is 2.23. The Morgan fingerprint density at radius 2 is 2.07 bits per heavy atom. The molecular weight excluding hydrogens is 350 g/mol. The van der Waals surface area contributed by atoms with Crippen molar-refractivity contribution in [1.82, 2.24) is 10.3 Å². The summed E-state index contributed by atoms with van der Waals surface area (Å²) in [6.45, 7) is 8.64. The van der Waals surface area contributed by atoms with Crippen molar-refractivity contribution in [2.24, 2.45) is 5.92 Å². The van der Waals surface area contributed by atoms with Crippen molar-refractivity contribution < 1.29 is 14.5 Å². The van der Waals surface area contributed by atoms with E-state index in [9.17, 15) is 14.9 Å². The fraction of sp³-hybridized carbons (Fsp3) is 0.667. The van der Waals surface area contributed by atoms with Crippen LogP contribution in [-0.2, 0) is 4.74 Å². The van der Waals surface area contributed by atoms with Crippen LogP contribution in [0, 0.1) is 16.0 Å². The van der Waals surface area contributed by atoms with Crippen molar-refractivity contribution in [2.45, 2.75) is 45.8 Å². The van der Waals surface area contributed by atoms with Gasteiger partial charge in [-0.2, -0.15) is 0 Å². The number of anilines is 2. The lowest BCUT2D eigenvalue weighted by atomic mass is 9.95. The van der Waals surface area contributed by atoms with Gasteiger partial charge in [0.25, 0.3) is 0 Å². The number of hydrogen-bond donors (Lipinski definition) is 1. The zero-order chi connectivity index (χ0) is 20.4. The molecule has 1 saturated heterocycles. The summed E-state index contributed by atoms with van der Waals surface area (Å²) in [6.07, 6.45) is 1.61. The summed E-state index contributed by atoms with van der Waals surface area (Å²) < 4.78 is 5.34. The van der Waals surface area contributed by atoms with Crippen LogP contribution in [0.2, 0.25) is 0 Å². The molecule has 0 saturated carbocycles.